The van der Waals surface area contributed by atoms with E-state index in [1.54, 1.807) is 0 Å². The fraction of sp³-hybridized carbons (Fsp3) is 0.500. The molecular formula is C20H23F3N6O3. The van der Waals surface area contributed by atoms with Crippen molar-refractivity contribution >= 4 is 11.6 Å². The number of aromatic nitrogens is 5. The van der Waals surface area contributed by atoms with Crippen LogP contribution in [0.1, 0.15) is 43.0 Å². The van der Waals surface area contributed by atoms with Gasteiger partial charge >= 0.3 is 6.18 Å². The maximum atomic E-state index is 13.3. The largest absolute Gasteiger partial charge is 0.469 e. The van der Waals surface area contributed by atoms with Crippen LogP contribution in [0.5, 0.6) is 5.88 Å². The number of ether oxygens (including phenoxy) is 1. The van der Waals surface area contributed by atoms with Gasteiger partial charge in [0, 0.05) is 24.4 Å². The van der Waals surface area contributed by atoms with Gasteiger partial charge in [-0.15, -0.1) is 10.2 Å². The van der Waals surface area contributed by atoms with Crippen molar-refractivity contribution in [3.05, 3.63) is 42.0 Å². The smallest absolute Gasteiger partial charge is 0.423 e. The summed E-state index contributed by atoms with van der Waals surface area (Å²) < 4.78 is 47.0. The molecule has 0 amide bonds. The summed E-state index contributed by atoms with van der Waals surface area (Å²) in [5.74, 6) is 0.216. The Morgan fingerprint density at radius 2 is 2.00 bits per heavy atom. The van der Waals surface area contributed by atoms with E-state index < -0.39 is 36.9 Å². The number of fused-ring (bicyclic) bond motifs is 1. The molecule has 172 valence electrons. The molecule has 0 bridgehead atoms. The minimum absolute atomic E-state index is 0.0145. The Kier molecular flexibility index (Phi) is 6.42. The fourth-order valence-corrected chi connectivity index (χ4v) is 3.89. The standard InChI is InChI=1S/C20H23F3N6O3/c21-20(22,23)15-9-24-19(26-18(15)32-14(10-30)11-31)25-13-5-3-4-12(8-13)17-28-27-16-6-1-2-7-29(16)17/h1-2,6-7,9,12-14,30-31H,3-5,8,10-11H2,(H,24,25,26)/t12-,13+/m0/s1. The zero-order valence-electron chi connectivity index (χ0n) is 17.0. The molecule has 32 heavy (non-hydrogen) atoms. The SMILES string of the molecule is OCC(CO)Oc1nc(N[C@@H]2CCC[C@H](c3nnc4ccccn34)C2)ncc1C(F)(F)F. The zero-order chi connectivity index (χ0) is 22.7. The normalized spacial score (nSPS) is 19.4. The summed E-state index contributed by atoms with van der Waals surface area (Å²) in [7, 11) is 0. The summed E-state index contributed by atoms with van der Waals surface area (Å²) in [6.45, 7) is -1.31. The number of hydrogen-bond acceptors (Lipinski definition) is 8. The van der Waals surface area contributed by atoms with Crippen LogP contribution in [-0.2, 0) is 6.18 Å². The number of anilines is 1. The molecule has 4 rings (SSSR count). The first-order chi connectivity index (χ1) is 15.4. The first kappa shape index (κ1) is 22.2. The van der Waals surface area contributed by atoms with E-state index in [1.807, 2.05) is 28.8 Å². The van der Waals surface area contributed by atoms with E-state index in [2.05, 4.69) is 25.5 Å². The molecule has 9 nitrogen and oxygen atoms in total. The molecule has 1 saturated carbocycles. The third kappa shape index (κ3) is 4.75. The number of aliphatic hydroxyl groups is 2. The van der Waals surface area contributed by atoms with Crippen LogP contribution in [0.2, 0.25) is 0 Å². The molecule has 0 aliphatic heterocycles. The van der Waals surface area contributed by atoms with E-state index in [0.29, 0.717) is 12.6 Å². The highest BCUT2D eigenvalue weighted by molar-refractivity contribution is 5.38. The molecule has 12 heteroatoms. The summed E-state index contributed by atoms with van der Waals surface area (Å²) in [6.07, 6.45) is -0.120. The summed E-state index contributed by atoms with van der Waals surface area (Å²) >= 11 is 0. The van der Waals surface area contributed by atoms with E-state index >= 15 is 0 Å². The molecule has 1 aliphatic rings. The molecule has 3 aromatic rings. The minimum Gasteiger partial charge on any atom is -0.469 e. The van der Waals surface area contributed by atoms with Crippen molar-refractivity contribution < 1.29 is 28.1 Å². The predicted molar refractivity (Wildman–Crippen MR) is 107 cm³/mol. The Bertz CT molecular complexity index is 1060. The third-order valence-electron chi connectivity index (χ3n) is 5.46. The summed E-state index contributed by atoms with van der Waals surface area (Å²) in [5, 5.41) is 30.0. The molecule has 0 radical (unpaired) electrons. The molecule has 3 N–H and O–H groups in total. The van der Waals surface area contributed by atoms with E-state index in [9.17, 15) is 13.2 Å². The monoisotopic (exact) mass is 452 g/mol. The fourth-order valence-electron chi connectivity index (χ4n) is 3.89. The zero-order valence-corrected chi connectivity index (χ0v) is 17.0. The number of alkyl halides is 3. The topological polar surface area (TPSA) is 118 Å². The molecule has 0 aromatic carbocycles. The maximum absolute atomic E-state index is 13.3. The molecule has 1 fully saturated rings. The van der Waals surface area contributed by atoms with Gasteiger partial charge in [0.05, 0.1) is 13.2 Å². The molecule has 0 spiro atoms. The van der Waals surface area contributed by atoms with Gasteiger partial charge < -0.3 is 20.3 Å². The first-order valence-electron chi connectivity index (χ1n) is 10.3. The van der Waals surface area contributed by atoms with Gasteiger partial charge in [-0.1, -0.05) is 12.5 Å². The van der Waals surface area contributed by atoms with Gasteiger partial charge in [0.1, 0.15) is 17.5 Å². The van der Waals surface area contributed by atoms with Crippen LogP contribution in [-0.4, -0.2) is 60.1 Å². The molecule has 1 aliphatic carbocycles. The lowest BCUT2D eigenvalue weighted by Gasteiger charge is -2.29. The van der Waals surface area contributed by atoms with Crippen LogP contribution in [0.15, 0.2) is 30.6 Å². The second kappa shape index (κ2) is 9.25. The van der Waals surface area contributed by atoms with Crippen LogP contribution in [0.3, 0.4) is 0 Å². The Balaban J connectivity index is 1.52. The quantitative estimate of drug-likeness (QED) is 0.500. The van der Waals surface area contributed by atoms with Gasteiger partial charge in [0.15, 0.2) is 5.65 Å². The summed E-state index contributed by atoms with van der Waals surface area (Å²) in [6, 6.07) is 5.58. The van der Waals surface area contributed by atoms with Crippen molar-refractivity contribution in [3.63, 3.8) is 0 Å². The first-order valence-corrected chi connectivity index (χ1v) is 10.3. The van der Waals surface area contributed by atoms with Crippen molar-refractivity contribution in [2.24, 2.45) is 0 Å². The van der Waals surface area contributed by atoms with Gasteiger partial charge in [0.2, 0.25) is 11.8 Å². The predicted octanol–water partition coefficient (Wildman–Crippen LogP) is 2.41. The van der Waals surface area contributed by atoms with Crippen molar-refractivity contribution in [3.8, 4) is 5.88 Å². The number of halogens is 3. The number of nitrogens with zero attached hydrogens (tertiary/aromatic N) is 5. The highest BCUT2D eigenvalue weighted by Gasteiger charge is 2.37. The van der Waals surface area contributed by atoms with Crippen LogP contribution in [0.25, 0.3) is 5.65 Å². The molecular weight excluding hydrogens is 429 g/mol. The average molecular weight is 452 g/mol. The Morgan fingerprint density at radius 3 is 2.75 bits per heavy atom. The lowest BCUT2D eigenvalue weighted by molar-refractivity contribution is -0.140. The molecule has 3 heterocycles. The average Bonchev–Trinajstić information content (AvgIpc) is 3.21. The third-order valence-corrected chi connectivity index (χ3v) is 5.46. The van der Waals surface area contributed by atoms with E-state index in [-0.39, 0.29) is 17.9 Å². The van der Waals surface area contributed by atoms with Crippen molar-refractivity contribution in [1.29, 1.82) is 0 Å². The Hall–Kier alpha value is -2.99. The highest BCUT2D eigenvalue weighted by Crippen LogP contribution is 2.37. The van der Waals surface area contributed by atoms with Crippen molar-refractivity contribution in [2.75, 3.05) is 18.5 Å². The van der Waals surface area contributed by atoms with Crippen LogP contribution in [0, 0.1) is 0 Å². The molecule has 2 atom stereocenters. The second-order valence-corrected chi connectivity index (χ2v) is 7.71. The highest BCUT2D eigenvalue weighted by atomic mass is 19.4. The Labute approximate surface area is 181 Å². The lowest BCUT2D eigenvalue weighted by atomic mass is 9.85. The van der Waals surface area contributed by atoms with E-state index in [1.165, 1.54) is 0 Å². The summed E-state index contributed by atoms with van der Waals surface area (Å²) in [5.41, 5.74) is -0.417. The lowest BCUT2D eigenvalue weighted by Crippen LogP contribution is -2.29. The van der Waals surface area contributed by atoms with E-state index in [4.69, 9.17) is 14.9 Å². The number of nitrogens with one attached hydrogen (secondary N) is 1. The van der Waals surface area contributed by atoms with Gasteiger partial charge in [-0.05, 0) is 31.4 Å². The number of rotatable bonds is 7. The minimum atomic E-state index is -4.74. The number of aliphatic hydroxyl groups excluding tert-OH is 2. The van der Waals surface area contributed by atoms with Gasteiger partial charge in [0.25, 0.3) is 0 Å². The van der Waals surface area contributed by atoms with Gasteiger partial charge in [-0.2, -0.15) is 18.2 Å². The van der Waals surface area contributed by atoms with Gasteiger partial charge in [-0.3, -0.25) is 4.40 Å². The maximum Gasteiger partial charge on any atom is 0.423 e. The van der Waals surface area contributed by atoms with Crippen molar-refractivity contribution in [2.45, 2.75) is 49.9 Å². The Morgan fingerprint density at radius 1 is 1.19 bits per heavy atom. The number of hydrogen-bond donors (Lipinski definition) is 3. The van der Waals surface area contributed by atoms with Gasteiger partial charge in [-0.25, -0.2) is 4.98 Å². The number of pyridine rings is 1. The van der Waals surface area contributed by atoms with Crippen LogP contribution in [0.4, 0.5) is 19.1 Å². The van der Waals surface area contributed by atoms with Crippen LogP contribution < -0.4 is 10.1 Å². The van der Waals surface area contributed by atoms with Crippen molar-refractivity contribution in [1.82, 2.24) is 24.6 Å². The van der Waals surface area contributed by atoms with Crippen LogP contribution >= 0.6 is 0 Å². The molecule has 0 saturated heterocycles. The second-order valence-electron chi connectivity index (χ2n) is 7.71. The van der Waals surface area contributed by atoms with E-state index in [0.717, 1.165) is 30.7 Å². The molecule has 3 aromatic heterocycles. The summed E-state index contributed by atoms with van der Waals surface area (Å²) in [4.78, 5) is 7.70. The molecule has 0 unspecified atom stereocenters.